The SMILES string of the molecule is COc1cc2c(c(OC)c1OC)CC(CCCC(C)(C#N)C1COc3ccccc3O1)N(C)C2. The minimum absolute atomic E-state index is 0.297. The Morgan fingerprint density at radius 2 is 1.85 bits per heavy atom. The summed E-state index contributed by atoms with van der Waals surface area (Å²) in [5.74, 6) is 3.52. The van der Waals surface area contributed by atoms with Gasteiger partial charge in [0.1, 0.15) is 6.61 Å². The summed E-state index contributed by atoms with van der Waals surface area (Å²) in [6.45, 7) is 3.17. The van der Waals surface area contributed by atoms with E-state index in [1.807, 2.05) is 31.2 Å². The number of benzene rings is 2. The standard InChI is InChI=1S/C27H34N2O5/c1-27(17-28,24-16-33-21-10-6-7-11-22(21)34-24)12-8-9-19-14-20-18(15-29(19)2)13-23(30-3)26(32-5)25(20)31-4/h6-7,10-11,13,19,24H,8-9,12,14-16H2,1-5H3. The molecule has 2 aromatic rings. The highest BCUT2D eigenvalue weighted by Gasteiger charge is 2.40. The number of rotatable bonds is 8. The summed E-state index contributed by atoms with van der Waals surface area (Å²) < 4.78 is 28.9. The zero-order valence-corrected chi connectivity index (χ0v) is 20.7. The van der Waals surface area contributed by atoms with E-state index >= 15 is 0 Å². The van der Waals surface area contributed by atoms with Crippen LogP contribution in [0.25, 0.3) is 0 Å². The molecule has 34 heavy (non-hydrogen) atoms. The number of methoxy groups -OCH3 is 3. The van der Waals surface area contributed by atoms with Crippen molar-refractivity contribution in [1.82, 2.24) is 4.90 Å². The Balaban J connectivity index is 1.44. The first-order valence-electron chi connectivity index (χ1n) is 11.7. The lowest BCUT2D eigenvalue weighted by Gasteiger charge is -2.37. The van der Waals surface area contributed by atoms with Crippen LogP contribution in [0.15, 0.2) is 30.3 Å². The summed E-state index contributed by atoms with van der Waals surface area (Å²) in [7, 11) is 7.10. The van der Waals surface area contributed by atoms with Crippen LogP contribution >= 0.6 is 0 Å². The van der Waals surface area contributed by atoms with E-state index in [1.54, 1.807) is 21.3 Å². The average Bonchev–Trinajstić information content (AvgIpc) is 2.87. The molecular formula is C27H34N2O5. The van der Waals surface area contributed by atoms with Crippen molar-refractivity contribution in [2.45, 2.75) is 51.3 Å². The molecule has 3 unspecified atom stereocenters. The molecule has 7 heteroatoms. The van der Waals surface area contributed by atoms with Crippen molar-refractivity contribution in [2.75, 3.05) is 35.0 Å². The first-order valence-corrected chi connectivity index (χ1v) is 11.7. The van der Waals surface area contributed by atoms with Gasteiger partial charge >= 0.3 is 0 Å². The van der Waals surface area contributed by atoms with Crippen LogP contribution in [0, 0.1) is 16.7 Å². The quantitative estimate of drug-likeness (QED) is 0.562. The van der Waals surface area contributed by atoms with Gasteiger partial charge in [0, 0.05) is 18.2 Å². The van der Waals surface area contributed by atoms with Crippen LogP contribution in [0.3, 0.4) is 0 Å². The molecule has 3 atom stereocenters. The summed E-state index contributed by atoms with van der Waals surface area (Å²) in [5, 5.41) is 10.0. The minimum Gasteiger partial charge on any atom is -0.493 e. The fourth-order valence-electron chi connectivity index (χ4n) is 5.07. The highest BCUT2D eigenvalue weighted by atomic mass is 16.6. The monoisotopic (exact) mass is 466 g/mol. The molecule has 0 bridgehead atoms. The Morgan fingerprint density at radius 1 is 1.12 bits per heavy atom. The minimum atomic E-state index is -0.632. The largest absolute Gasteiger partial charge is 0.493 e. The Bertz CT molecular complexity index is 1070. The normalized spacial score (nSPS) is 21.1. The van der Waals surface area contributed by atoms with Crippen LogP contribution < -0.4 is 23.7 Å². The molecule has 2 aromatic carbocycles. The third kappa shape index (κ3) is 4.47. The summed E-state index contributed by atoms with van der Waals surface area (Å²) in [6.07, 6.45) is 3.17. The van der Waals surface area contributed by atoms with E-state index in [1.165, 1.54) is 11.1 Å². The first-order chi connectivity index (χ1) is 16.4. The molecule has 0 amide bonds. The molecule has 0 N–H and O–H groups in total. The summed E-state index contributed by atoms with van der Waals surface area (Å²) in [5.41, 5.74) is 1.74. The molecule has 0 aliphatic carbocycles. The maximum atomic E-state index is 10.0. The molecule has 0 saturated heterocycles. The molecule has 2 aliphatic heterocycles. The van der Waals surface area contributed by atoms with Crippen molar-refractivity contribution in [3.8, 4) is 34.8 Å². The Morgan fingerprint density at radius 3 is 2.53 bits per heavy atom. The summed E-state index contributed by atoms with van der Waals surface area (Å²) in [6, 6.07) is 12.5. The molecule has 0 aromatic heterocycles. The predicted octanol–water partition coefficient (Wildman–Crippen LogP) is 4.61. The Hall–Kier alpha value is -3.11. The van der Waals surface area contributed by atoms with Crippen molar-refractivity contribution in [1.29, 1.82) is 5.26 Å². The van der Waals surface area contributed by atoms with Gasteiger partial charge in [-0.15, -0.1) is 0 Å². The Labute approximate surface area is 202 Å². The summed E-state index contributed by atoms with van der Waals surface area (Å²) >= 11 is 0. The lowest BCUT2D eigenvalue weighted by Crippen LogP contribution is -2.43. The van der Waals surface area contributed by atoms with Gasteiger partial charge in [-0.3, -0.25) is 4.90 Å². The molecule has 2 heterocycles. The van der Waals surface area contributed by atoms with Gasteiger partial charge in [-0.1, -0.05) is 18.6 Å². The average molecular weight is 467 g/mol. The topological polar surface area (TPSA) is 73.2 Å². The molecule has 7 nitrogen and oxygen atoms in total. The number of fused-ring (bicyclic) bond motifs is 2. The van der Waals surface area contributed by atoms with E-state index in [2.05, 4.69) is 24.1 Å². The van der Waals surface area contributed by atoms with Crippen molar-refractivity contribution < 1.29 is 23.7 Å². The maximum absolute atomic E-state index is 10.0. The third-order valence-corrected chi connectivity index (χ3v) is 7.22. The van der Waals surface area contributed by atoms with Crippen molar-refractivity contribution >= 4 is 0 Å². The van der Waals surface area contributed by atoms with Crippen molar-refractivity contribution in [3.63, 3.8) is 0 Å². The molecule has 0 spiro atoms. The summed E-state index contributed by atoms with van der Waals surface area (Å²) in [4.78, 5) is 2.37. The lowest BCUT2D eigenvalue weighted by atomic mass is 9.79. The molecule has 2 aliphatic rings. The van der Waals surface area contributed by atoms with Gasteiger partial charge in [-0.25, -0.2) is 0 Å². The van der Waals surface area contributed by atoms with E-state index in [0.717, 1.165) is 43.7 Å². The number of likely N-dealkylation sites (N-methyl/N-ethyl adjacent to an activating group) is 1. The number of para-hydroxylation sites is 2. The number of ether oxygens (including phenoxy) is 5. The zero-order valence-electron chi connectivity index (χ0n) is 20.7. The molecule has 0 radical (unpaired) electrons. The first kappa shape index (κ1) is 24.0. The molecule has 0 fully saturated rings. The Kier molecular flexibility index (Phi) is 7.08. The lowest BCUT2D eigenvalue weighted by molar-refractivity contribution is 0.0191. The molecule has 182 valence electrons. The number of nitrogens with zero attached hydrogens (tertiary/aromatic N) is 2. The van der Waals surface area contributed by atoms with Gasteiger partial charge in [-0.05, 0) is 57.0 Å². The smallest absolute Gasteiger partial charge is 0.203 e. The number of hydrogen-bond acceptors (Lipinski definition) is 7. The fraction of sp³-hybridized carbons (Fsp3) is 0.519. The maximum Gasteiger partial charge on any atom is 0.203 e. The molecular weight excluding hydrogens is 432 g/mol. The van der Waals surface area contributed by atoms with Crippen LogP contribution in [-0.2, 0) is 13.0 Å². The van der Waals surface area contributed by atoms with Gasteiger partial charge in [0.15, 0.2) is 29.1 Å². The van der Waals surface area contributed by atoms with Gasteiger partial charge in [0.2, 0.25) is 5.75 Å². The van der Waals surface area contributed by atoms with Crippen molar-refractivity contribution in [3.05, 3.63) is 41.5 Å². The van der Waals surface area contributed by atoms with E-state index < -0.39 is 5.41 Å². The molecule has 0 saturated carbocycles. The van der Waals surface area contributed by atoms with Crippen molar-refractivity contribution in [2.24, 2.45) is 5.41 Å². The number of nitriles is 1. The van der Waals surface area contributed by atoms with E-state index in [-0.39, 0.29) is 6.10 Å². The van der Waals surface area contributed by atoms with Crippen LogP contribution in [0.5, 0.6) is 28.7 Å². The second-order valence-corrected chi connectivity index (χ2v) is 9.34. The molecule has 4 rings (SSSR count). The van der Waals surface area contributed by atoms with Crippen LogP contribution in [0.1, 0.15) is 37.3 Å². The fourth-order valence-corrected chi connectivity index (χ4v) is 5.07. The van der Waals surface area contributed by atoms with E-state index in [4.69, 9.17) is 23.7 Å². The second kappa shape index (κ2) is 10.0. The third-order valence-electron chi connectivity index (χ3n) is 7.22. The van der Waals surface area contributed by atoms with Crippen LogP contribution in [-0.4, -0.2) is 52.0 Å². The predicted molar refractivity (Wildman–Crippen MR) is 129 cm³/mol. The van der Waals surface area contributed by atoms with Gasteiger partial charge in [0.05, 0.1) is 32.8 Å². The second-order valence-electron chi connectivity index (χ2n) is 9.34. The van der Waals surface area contributed by atoms with Gasteiger partial charge in [-0.2, -0.15) is 5.26 Å². The van der Waals surface area contributed by atoms with E-state index in [0.29, 0.717) is 29.9 Å². The van der Waals surface area contributed by atoms with Crippen LogP contribution in [0.2, 0.25) is 0 Å². The highest BCUT2D eigenvalue weighted by molar-refractivity contribution is 5.60. The zero-order chi connectivity index (χ0) is 24.3. The number of hydrogen-bond donors (Lipinski definition) is 0. The highest BCUT2D eigenvalue weighted by Crippen LogP contribution is 2.45. The van der Waals surface area contributed by atoms with Gasteiger partial charge in [0.25, 0.3) is 0 Å². The van der Waals surface area contributed by atoms with E-state index in [9.17, 15) is 5.26 Å². The van der Waals surface area contributed by atoms with Crippen LogP contribution in [0.4, 0.5) is 0 Å². The van der Waals surface area contributed by atoms with Gasteiger partial charge < -0.3 is 23.7 Å².